The molecule has 3 aromatic rings. The lowest BCUT2D eigenvalue weighted by Crippen LogP contribution is -2.34. The van der Waals surface area contributed by atoms with Gasteiger partial charge in [-0.1, -0.05) is 47.5 Å². The Balaban J connectivity index is 1.77. The van der Waals surface area contributed by atoms with Crippen molar-refractivity contribution in [2.45, 2.75) is 6.04 Å². The van der Waals surface area contributed by atoms with Crippen LogP contribution in [0.2, 0.25) is 10.0 Å². The van der Waals surface area contributed by atoms with Gasteiger partial charge in [-0.05, 0) is 48.6 Å². The smallest absolute Gasteiger partial charge is 0.167 e. The Bertz CT molecular complexity index is 1280. The molecule has 1 aliphatic heterocycles. The van der Waals surface area contributed by atoms with E-state index in [-0.39, 0.29) is 6.04 Å². The zero-order chi connectivity index (χ0) is 24.9. The van der Waals surface area contributed by atoms with Crippen molar-refractivity contribution in [3.8, 4) is 23.0 Å². The molecule has 0 aromatic heterocycles. The Morgan fingerprint density at radius 1 is 0.800 bits per heavy atom. The molecule has 35 heavy (non-hydrogen) atoms. The standard InChI is InChI=1S/C27H26Cl2N2O4/c1-32-24-9-5-7-17(26(24)34-3)11-13-19-16-23(20-8-6-10-25(33-2)27(20)35-4)31(30-19)22-14-12-18(28)15-21(22)29/h5-16,23,30H,1-4H3/b13-11+/t23-/m1/s1. The Labute approximate surface area is 215 Å². The zero-order valence-corrected chi connectivity index (χ0v) is 21.4. The third-order valence-corrected chi connectivity index (χ3v) is 6.20. The Morgan fingerprint density at radius 3 is 2.14 bits per heavy atom. The highest BCUT2D eigenvalue weighted by Crippen LogP contribution is 2.43. The number of nitrogens with zero attached hydrogens (tertiary/aromatic N) is 1. The van der Waals surface area contributed by atoms with Crippen LogP contribution in [0.4, 0.5) is 5.69 Å². The van der Waals surface area contributed by atoms with Gasteiger partial charge in [0.2, 0.25) is 0 Å². The largest absolute Gasteiger partial charge is 0.493 e. The number of para-hydroxylation sites is 2. The van der Waals surface area contributed by atoms with Gasteiger partial charge in [0.15, 0.2) is 23.0 Å². The fraction of sp³-hybridized carbons (Fsp3) is 0.185. The minimum absolute atomic E-state index is 0.245. The fourth-order valence-corrected chi connectivity index (χ4v) is 4.57. The third-order valence-electron chi connectivity index (χ3n) is 5.66. The summed E-state index contributed by atoms with van der Waals surface area (Å²) in [6.45, 7) is 0. The van der Waals surface area contributed by atoms with Crippen molar-refractivity contribution < 1.29 is 18.9 Å². The van der Waals surface area contributed by atoms with Crippen LogP contribution in [0.25, 0.3) is 6.08 Å². The van der Waals surface area contributed by atoms with Gasteiger partial charge in [0, 0.05) is 16.1 Å². The summed E-state index contributed by atoms with van der Waals surface area (Å²) in [5.74, 6) is 2.61. The van der Waals surface area contributed by atoms with Gasteiger partial charge in [0.25, 0.3) is 0 Å². The predicted molar refractivity (Wildman–Crippen MR) is 141 cm³/mol. The number of ether oxygens (including phenoxy) is 4. The summed E-state index contributed by atoms with van der Waals surface area (Å²) in [7, 11) is 6.49. The van der Waals surface area contributed by atoms with Crippen LogP contribution in [0.15, 0.2) is 72.4 Å². The predicted octanol–water partition coefficient (Wildman–Crippen LogP) is 6.69. The molecule has 1 N–H and O–H groups in total. The van der Waals surface area contributed by atoms with Crippen molar-refractivity contribution in [1.29, 1.82) is 0 Å². The number of benzene rings is 3. The highest BCUT2D eigenvalue weighted by molar-refractivity contribution is 6.36. The molecule has 0 bridgehead atoms. The molecule has 0 amide bonds. The summed E-state index contributed by atoms with van der Waals surface area (Å²) in [4.78, 5) is 0. The summed E-state index contributed by atoms with van der Waals surface area (Å²) in [6, 6.07) is 16.7. The fourth-order valence-electron chi connectivity index (χ4n) is 4.07. The number of rotatable bonds is 8. The molecule has 1 atom stereocenters. The van der Waals surface area contributed by atoms with Crippen molar-refractivity contribution in [1.82, 2.24) is 5.43 Å². The summed E-state index contributed by atoms with van der Waals surface area (Å²) < 4.78 is 22.2. The van der Waals surface area contributed by atoms with Gasteiger partial charge >= 0.3 is 0 Å². The lowest BCUT2D eigenvalue weighted by molar-refractivity contribution is 0.350. The first kappa shape index (κ1) is 24.6. The molecular formula is C27H26Cl2N2O4. The Kier molecular flexibility index (Phi) is 7.63. The maximum atomic E-state index is 6.59. The van der Waals surface area contributed by atoms with Crippen LogP contribution in [0.1, 0.15) is 17.2 Å². The number of nitrogens with one attached hydrogen (secondary N) is 1. The van der Waals surface area contributed by atoms with Gasteiger partial charge in [0.1, 0.15) is 0 Å². The molecule has 182 valence electrons. The number of hydrazine groups is 1. The van der Waals surface area contributed by atoms with E-state index in [9.17, 15) is 0 Å². The van der Waals surface area contributed by atoms with Crippen LogP contribution >= 0.6 is 23.2 Å². The van der Waals surface area contributed by atoms with Crippen LogP contribution in [0.5, 0.6) is 23.0 Å². The molecule has 0 saturated heterocycles. The van der Waals surface area contributed by atoms with Gasteiger partial charge in [-0.2, -0.15) is 0 Å². The van der Waals surface area contributed by atoms with Crippen LogP contribution in [-0.2, 0) is 0 Å². The van der Waals surface area contributed by atoms with E-state index < -0.39 is 0 Å². The van der Waals surface area contributed by atoms with E-state index in [1.54, 1.807) is 40.6 Å². The van der Waals surface area contributed by atoms with Gasteiger partial charge < -0.3 is 18.9 Å². The summed E-state index contributed by atoms with van der Waals surface area (Å²) >= 11 is 12.8. The topological polar surface area (TPSA) is 52.2 Å². The second-order valence-electron chi connectivity index (χ2n) is 7.64. The molecule has 4 rings (SSSR count). The van der Waals surface area contributed by atoms with E-state index in [1.165, 1.54) is 0 Å². The molecule has 8 heteroatoms. The highest BCUT2D eigenvalue weighted by Gasteiger charge is 2.30. The summed E-state index contributed by atoms with van der Waals surface area (Å²) in [5.41, 5.74) is 6.87. The first-order valence-electron chi connectivity index (χ1n) is 10.8. The molecule has 6 nitrogen and oxygen atoms in total. The number of allylic oxidation sites excluding steroid dienone is 1. The normalized spacial score (nSPS) is 15.1. The van der Waals surface area contributed by atoms with Gasteiger partial charge in [-0.25, -0.2) is 0 Å². The summed E-state index contributed by atoms with van der Waals surface area (Å²) in [5, 5.41) is 3.05. The number of hydrogen-bond donors (Lipinski definition) is 1. The molecule has 0 saturated carbocycles. The van der Waals surface area contributed by atoms with Gasteiger partial charge in [0.05, 0.1) is 50.9 Å². The van der Waals surface area contributed by atoms with Crippen LogP contribution in [0, 0.1) is 0 Å². The molecule has 0 spiro atoms. The highest BCUT2D eigenvalue weighted by atomic mass is 35.5. The monoisotopic (exact) mass is 512 g/mol. The quantitative estimate of drug-likeness (QED) is 0.362. The average molecular weight is 513 g/mol. The molecule has 0 radical (unpaired) electrons. The molecule has 0 fully saturated rings. The van der Waals surface area contributed by atoms with Crippen LogP contribution in [0.3, 0.4) is 0 Å². The van der Waals surface area contributed by atoms with Crippen LogP contribution in [-0.4, -0.2) is 28.4 Å². The minimum atomic E-state index is -0.245. The van der Waals surface area contributed by atoms with E-state index >= 15 is 0 Å². The molecule has 1 heterocycles. The first-order valence-corrected chi connectivity index (χ1v) is 11.6. The van der Waals surface area contributed by atoms with Crippen molar-refractivity contribution in [2.75, 3.05) is 33.4 Å². The van der Waals surface area contributed by atoms with Gasteiger partial charge in [-0.3, -0.25) is 10.4 Å². The van der Waals surface area contributed by atoms with E-state index in [0.717, 1.165) is 22.5 Å². The third kappa shape index (κ3) is 4.99. The number of methoxy groups -OCH3 is 4. The minimum Gasteiger partial charge on any atom is -0.493 e. The first-order chi connectivity index (χ1) is 17.0. The zero-order valence-electron chi connectivity index (χ0n) is 19.8. The maximum Gasteiger partial charge on any atom is 0.167 e. The molecular weight excluding hydrogens is 487 g/mol. The lowest BCUT2D eigenvalue weighted by Gasteiger charge is -2.29. The number of anilines is 1. The van der Waals surface area contributed by atoms with E-state index in [1.807, 2.05) is 59.6 Å². The number of halogens is 2. The van der Waals surface area contributed by atoms with E-state index in [0.29, 0.717) is 33.0 Å². The summed E-state index contributed by atoms with van der Waals surface area (Å²) in [6.07, 6.45) is 6.03. The van der Waals surface area contributed by atoms with Crippen molar-refractivity contribution in [3.05, 3.63) is 93.6 Å². The maximum absolute atomic E-state index is 6.59. The Morgan fingerprint density at radius 2 is 1.49 bits per heavy atom. The van der Waals surface area contributed by atoms with E-state index in [2.05, 4.69) is 11.5 Å². The van der Waals surface area contributed by atoms with Crippen molar-refractivity contribution >= 4 is 35.0 Å². The second kappa shape index (κ2) is 10.8. The van der Waals surface area contributed by atoms with Crippen molar-refractivity contribution in [2.24, 2.45) is 0 Å². The van der Waals surface area contributed by atoms with Crippen LogP contribution < -0.4 is 29.4 Å². The molecule has 0 aliphatic carbocycles. The van der Waals surface area contributed by atoms with Crippen molar-refractivity contribution in [3.63, 3.8) is 0 Å². The second-order valence-corrected chi connectivity index (χ2v) is 8.49. The molecule has 0 unspecified atom stereocenters. The number of hydrogen-bond acceptors (Lipinski definition) is 6. The molecule has 1 aliphatic rings. The van der Waals surface area contributed by atoms with E-state index in [4.69, 9.17) is 42.1 Å². The lowest BCUT2D eigenvalue weighted by atomic mass is 10.0. The average Bonchev–Trinajstić information content (AvgIpc) is 3.30. The SMILES string of the molecule is COc1cccc(/C=C/C2=C[C@H](c3cccc(OC)c3OC)N(c3ccc(Cl)cc3Cl)N2)c1OC. The Hall–Kier alpha value is -3.48. The van der Waals surface area contributed by atoms with Gasteiger partial charge in [-0.15, -0.1) is 0 Å². The molecule has 3 aromatic carbocycles.